The van der Waals surface area contributed by atoms with Crippen molar-refractivity contribution in [3.63, 3.8) is 0 Å². The van der Waals surface area contributed by atoms with Gasteiger partial charge in [0, 0.05) is 0 Å². The van der Waals surface area contributed by atoms with E-state index in [2.05, 4.69) is 97.1 Å². The van der Waals surface area contributed by atoms with Crippen LogP contribution < -0.4 is 37.2 Å². The number of fused-ring (bicyclic) bond motifs is 1. The van der Waals surface area contributed by atoms with Gasteiger partial charge in [-0.2, -0.15) is 6.07 Å². The average molecular weight is 436 g/mol. The fourth-order valence-electron chi connectivity index (χ4n) is 3.27. The van der Waals surface area contributed by atoms with E-state index in [1.807, 2.05) is 0 Å². The first-order chi connectivity index (χ1) is 10.9. The molecule has 0 atom stereocenters. The predicted octanol–water partition coefficient (Wildman–Crippen LogP) is -3.25. The van der Waals surface area contributed by atoms with Crippen LogP contribution in [-0.4, -0.2) is 0 Å². The van der Waals surface area contributed by atoms with Gasteiger partial charge in [0.05, 0.1) is 0 Å². The van der Waals surface area contributed by atoms with Crippen molar-refractivity contribution in [2.24, 2.45) is 0 Å². The zero-order chi connectivity index (χ0) is 14.8. The summed E-state index contributed by atoms with van der Waals surface area (Å²) in [6.45, 7) is 0. The molecule has 0 aliphatic rings. The summed E-state index contributed by atoms with van der Waals surface area (Å²) >= 11 is 0. The van der Waals surface area contributed by atoms with Crippen LogP contribution in [-0.2, 0) is 21.7 Å². The third kappa shape index (κ3) is 4.97. The van der Waals surface area contributed by atoms with Crippen molar-refractivity contribution in [1.29, 1.82) is 0 Å². The minimum Gasteiger partial charge on any atom is -1.00 e. The van der Waals surface area contributed by atoms with Crippen LogP contribution in [0.4, 0.5) is 0 Å². The summed E-state index contributed by atoms with van der Waals surface area (Å²) < 4.78 is 0. The molecule has 0 saturated carbocycles. The molecule has 0 aliphatic carbocycles. The van der Waals surface area contributed by atoms with E-state index >= 15 is 0 Å². The number of hydrogen-bond donors (Lipinski definition) is 0. The fraction of sp³-hybridized carbons (Fsp3) is 0.0455. The Bertz CT molecular complexity index is 849. The summed E-state index contributed by atoms with van der Waals surface area (Å²) in [7, 11) is 0. The van der Waals surface area contributed by atoms with Crippen molar-refractivity contribution in [3.05, 3.63) is 114 Å². The van der Waals surface area contributed by atoms with Crippen LogP contribution in [0.3, 0.4) is 0 Å². The molecule has 0 N–H and O–H groups in total. The number of benzene rings is 3. The van der Waals surface area contributed by atoms with E-state index in [4.69, 9.17) is 0 Å². The zero-order valence-corrected chi connectivity index (χ0v) is 17.8. The van der Waals surface area contributed by atoms with Crippen molar-refractivity contribution < 1.29 is 58.9 Å². The van der Waals surface area contributed by atoms with Crippen LogP contribution in [0.15, 0.2) is 97.1 Å². The Morgan fingerprint density at radius 2 is 1.00 bits per heavy atom. The third-order valence-electron chi connectivity index (χ3n) is 4.29. The Morgan fingerprint density at radius 1 is 0.538 bits per heavy atom. The second-order valence-corrected chi connectivity index (χ2v) is 5.63. The molecule has 0 unspecified atom stereocenters. The Labute approximate surface area is 188 Å². The molecule has 0 saturated heterocycles. The molecule has 130 valence electrons. The largest absolute Gasteiger partial charge is 4.00 e. The smallest absolute Gasteiger partial charge is 1.00 e. The summed E-state index contributed by atoms with van der Waals surface area (Å²) in [6.07, 6.45) is 0. The van der Waals surface area contributed by atoms with Gasteiger partial charge in [0.2, 0.25) is 0 Å². The second kappa shape index (κ2) is 11.5. The normalized spacial score (nSPS) is 9.42. The Hall–Kier alpha value is -1.15. The van der Waals surface area contributed by atoms with Crippen LogP contribution in [0.2, 0.25) is 0 Å². The molecular formula is C22H17Cl3Ti. The molecular weight excluding hydrogens is 418 g/mol. The van der Waals surface area contributed by atoms with Crippen LogP contribution in [0, 0.1) is 0 Å². The molecule has 0 radical (unpaired) electrons. The molecule has 0 heterocycles. The van der Waals surface area contributed by atoms with Gasteiger partial charge in [-0.1, -0.05) is 66.7 Å². The quantitative estimate of drug-likeness (QED) is 0.234. The van der Waals surface area contributed by atoms with Gasteiger partial charge in [-0.3, -0.25) is 0 Å². The summed E-state index contributed by atoms with van der Waals surface area (Å²) in [5.74, 6) is 0.280. The molecule has 4 aromatic rings. The summed E-state index contributed by atoms with van der Waals surface area (Å²) in [5.41, 5.74) is 4.06. The Kier molecular flexibility index (Phi) is 11.0. The van der Waals surface area contributed by atoms with E-state index in [-0.39, 0.29) is 64.9 Å². The second-order valence-electron chi connectivity index (χ2n) is 5.63. The van der Waals surface area contributed by atoms with Gasteiger partial charge in [0.1, 0.15) is 0 Å². The molecule has 0 amide bonds. The van der Waals surface area contributed by atoms with Gasteiger partial charge < -0.3 is 37.2 Å². The molecule has 4 rings (SSSR count). The third-order valence-corrected chi connectivity index (χ3v) is 4.29. The standard InChI is InChI=1S/C22H17.3ClH.Ti/c1-3-10-18(11-4-1)22(19-12-5-2-6-13-19)21-16-15-17-9-7-8-14-20(17)21;;;;/h1-16,22H;3*1H;/q-1;;;;+4/p-3. The van der Waals surface area contributed by atoms with Gasteiger partial charge >= 0.3 is 21.7 Å². The van der Waals surface area contributed by atoms with Crippen molar-refractivity contribution in [2.75, 3.05) is 0 Å². The van der Waals surface area contributed by atoms with Crippen molar-refractivity contribution >= 4 is 10.8 Å². The molecule has 0 spiro atoms. The average Bonchev–Trinajstić information content (AvgIpc) is 3.01. The first kappa shape index (κ1) is 24.9. The predicted molar refractivity (Wildman–Crippen MR) is 93.4 cm³/mol. The van der Waals surface area contributed by atoms with Crippen molar-refractivity contribution in [3.8, 4) is 0 Å². The molecule has 4 aromatic carbocycles. The van der Waals surface area contributed by atoms with E-state index in [9.17, 15) is 0 Å². The van der Waals surface area contributed by atoms with Crippen molar-refractivity contribution in [1.82, 2.24) is 0 Å². The van der Waals surface area contributed by atoms with Gasteiger partial charge in [-0.15, -0.1) is 40.6 Å². The maximum atomic E-state index is 2.27. The van der Waals surface area contributed by atoms with Gasteiger partial charge in [0.15, 0.2) is 0 Å². The first-order valence-corrected chi connectivity index (χ1v) is 7.68. The number of hydrogen-bond acceptors (Lipinski definition) is 0. The molecule has 0 aliphatic heterocycles. The summed E-state index contributed by atoms with van der Waals surface area (Å²) in [5, 5.41) is 2.66. The zero-order valence-electron chi connectivity index (χ0n) is 13.9. The molecule has 0 fully saturated rings. The summed E-state index contributed by atoms with van der Waals surface area (Å²) in [4.78, 5) is 0. The fourth-order valence-corrected chi connectivity index (χ4v) is 3.27. The van der Waals surface area contributed by atoms with E-state index in [1.165, 1.54) is 27.5 Å². The minimum atomic E-state index is 0. The summed E-state index contributed by atoms with van der Waals surface area (Å²) in [6, 6.07) is 34.7. The Morgan fingerprint density at radius 3 is 1.54 bits per heavy atom. The molecule has 4 heteroatoms. The van der Waals surface area contributed by atoms with Gasteiger partial charge in [-0.05, 0) is 17.0 Å². The van der Waals surface area contributed by atoms with Gasteiger partial charge in [-0.25, -0.2) is 0 Å². The molecule has 0 nitrogen and oxygen atoms in total. The molecule has 26 heavy (non-hydrogen) atoms. The molecule has 0 bridgehead atoms. The monoisotopic (exact) mass is 434 g/mol. The molecule has 0 aromatic heterocycles. The number of rotatable bonds is 3. The van der Waals surface area contributed by atoms with Crippen LogP contribution in [0.1, 0.15) is 22.6 Å². The van der Waals surface area contributed by atoms with E-state index in [0.717, 1.165) is 0 Å². The minimum absolute atomic E-state index is 0. The maximum Gasteiger partial charge on any atom is 4.00 e. The number of halogens is 3. The van der Waals surface area contributed by atoms with E-state index in [0.29, 0.717) is 0 Å². The SMILES string of the molecule is [Cl-].[Cl-].[Cl-].[Ti+4].c1ccc(C(c2ccccc2)[c-]2ccc3ccccc32)cc1. The van der Waals surface area contributed by atoms with E-state index in [1.54, 1.807) is 0 Å². The maximum absolute atomic E-state index is 2.27. The van der Waals surface area contributed by atoms with Gasteiger partial charge in [0.25, 0.3) is 0 Å². The van der Waals surface area contributed by atoms with Crippen molar-refractivity contribution in [2.45, 2.75) is 5.92 Å². The first-order valence-electron chi connectivity index (χ1n) is 7.68. The Balaban J connectivity index is 0.00000156. The van der Waals surface area contributed by atoms with Crippen LogP contribution in [0.25, 0.3) is 10.8 Å². The topological polar surface area (TPSA) is 0 Å². The van der Waals surface area contributed by atoms with Crippen LogP contribution >= 0.6 is 0 Å². The van der Waals surface area contributed by atoms with E-state index < -0.39 is 0 Å². The van der Waals surface area contributed by atoms with Crippen LogP contribution in [0.5, 0.6) is 0 Å².